The lowest BCUT2D eigenvalue weighted by Crippen LogP contribution is -2.14. The number of nitrogens with one attached hydrogen (secondary N) is 1. The van der Waals surface area contributed by atoms with Gasteiger partial charge in [0.15, 0.2) is 0 Å². The molecule has 0 saturated heterocycles. The predicted molar refractivity (Wildman–Crippen MR) is 79.6 cm³/mol. The molecule has 0 aliphatic heterocycles. The van der Waals surface area contributed by atoms with Gasteiger partial charge in [-0.3, -0.25) is 10.1 Å². The van der Waals surface area contributed by atoms with Crippen LogP contribution < -0.4 is 5.32 Å². The van der Waals surface area contributed by atoms with E-state index in [2.05, 4.69) is 37.4 Å². The van der Waals surface area contributed by atoms with E-state index < -0.39 is 0 Å². The minimum absolute atomic E-state index is 0.128. The first-order chi connectivity index (χ1) is 9.58. The first kappa shape index (κ1) is 14.2. The Bertz CT molecular complexity index is 586. The minimum Gasteiger partial charge on any atom is -0.309 e. The summed E-state index contributed by atoms with van der Waals surface area (Å²) >= 11 is 0. The van der Waals surface area contributed by atoms with Crippen LogP contribution in [0.25, 0.3) is 0 Å². The molecular formula is C16H18N2O2. The molecule has 0 heterocycles. The van der Waals surface area contributed by atoms with Gasteiger partial charge < -0.3 is 5.32 Å². The van der Waals surface area contributed by atoms with Gasteiger partial charge in [0.1, 0.15) is 0 Å². The second kappa shape index (κ2) is 6.30. The number of benzene rings is 2. The number of hydrogen-bond donors (Lipinski definition) is 1. The van der Waals surface area contributed by atoms with Crippen LogP contribution in [-0.2, 0) is 13.1 Å². The van der Waals surface area contributed by atoms with Crippen molar-refractivity contribution in [3.8, 4) is 0 Å². The van der Waals surface area contributed by atoms with Crippen molar-refractivity contribution < 1.29 is 4.92 Å². The van der Waals surface area contributed by atoms with Crippen molar-refractivity contribution in [2.75, 3.05) is 0 Å². The lowest BCUT2D eigenvalue weighted by molar-refractivity contribution is -0.384. The molecule has 0 aliphatic carbocycles. The van der Waals surface area contributed by atoms with Gasteiger partial charge in [-0.25, -0.2) is 0 Å². The number of non-ortho nitro benzene ring substituents is 1. The van der Waals surface area contributed by atoms with E-state index in [0.29, 0.717) is 6.54 Å². The zero-order valence-electron chi connectivity index (χ0n) is 11.7. The molecule has 104 valence electrons. The van der Waals surface area contributed by atoms with Crippen molar-refractivity contribution in [2.24, 2.45) is 0 Å². The average molecular weight is 270 g/mol. The highest BCUT2D eigenvalue weighted by Gasteiger charge is 2.04. The van der Waals surface area contributed by atoms with Crippen LogP contribution in [0.2, 0.25) is 0 Å². The number of rotatable bonds is 5. The molecule has 0 fully saturated rings. The van der Waals surface area contributed by atoms with Crippen LogP contribution in [0.15, 0.2) is 42.5 Å². The molecule has 4 nitrogen and oxygen atoms in total. The van der Waals surface area contributed by atoms with E-state index in [1.54, 1.807) is 12.1 Å². The van der Waals surface area contributed by atoms with Crippen LogP contribution in [0.4, 0.5) is 5.69 Å². The summed E-state index contributed by atoms with van der Waals surface area (Å²) in [6.45, 7) is 5.72. The zero-order chi connectivity index (χ0) is 14.5. The van der Waals surface area contributed by atoms with Gasteiger partial charge in [-0.15, -0.1) is 0 Å². The maximum Gasteiger partial charge on any atom is 0.269 e. The summed E-state index contributed by atoms with van der Waals surface area (Å²) in [5.41, 5.74) is 5.04. The van der Waals surface area contributed by atoms with Gasteiger partial charge in [-0.05, 0) is 36.1 Å². The van der Waals surface area contributed by atoms with Crippen molar-refractivity contribution in [2.45, 2.75) is 26.9 Å². The molecule has 0 bridgehead atoms. The summed E-state index contributed by atoms with van der Waals surface area (Å²) in [7, 11) is 0. The molecule has 0 radical (unpaired) electrons. The van der Waals surface area contributed by atoms with Crippen LogP contribution in [0.5, 0.6) is 0 Å². The first-order valence-corrected chi connectivity index (χ1v) is 6.57. The molecular weight excluding hydrogens is 252 g/mol. The fourth-order valence-corrected chi connectivity index (χ4v) is 2.20. The summed E-state index contributed by atoms with van der Waals surface area (Å²) in [6.07, 6.45) is 0. The Labute approximate surface area is 118 Å². The quantitative estimate of drug-likeness (QED) is 0.668. The van der Waals surface area contributed by atoms with Crippen molar-refractivity contribution >= 4 is 5.69 Å². The number of hydrogen-bond acceptors (Lipinski definition) is 3. The fourth-order valence-electron chi connectivity index (χ4n) is 2.20. The molecule has 0 unspecified atom stereocenters. The van der Waals surface area contributed by atoms with Gasteiger partial charge in [-0.2, -0.15) is 0 Å². The van der Waals surface area contributed by atoms with Gasteiger partial charge >= 0.3 is 0 Å². The number of nitro groups is 1. The molecule has 0 aliphatic rings. The summed E-state index contributed by atoms with van der Waals surface area (Å²) in [5, 5.41) is 14.0. The zero-order valence-corrected chi connectivity index (χ0v) is 11.7. The number of nitro benzene ring substituents is 1. The Hall–Kier alpha value is -2.20. The third-order valence-electron chi connectivity index (χ3n) is 3.42. The Morgan fingerprint density at radius 3 is 2.15 bits per heavy atom. The fraction of sp³-hybridized carbons (Fsp3) is 0.250. The molecule has 1 N–H and O–H groups in total. The molecule has 20 heavy (non-hydrogen) atoms. The summed E-state index contributed by atoms with van der Waals surface area (Å²) in [6, 6.07) is 12.9. The molecule has 0 atom stereocenters. The average Bonchev–Trinajstić information content (AvgIpc) is 2.42. The van der Waals surface area contributed by atoms with Gasteiger partial charge in [0.25, 0.3) is 5.69 Å². The molecule has 0 saturated carbocycles. The summed E-state index contributed by atoms with van der Waals surface area (Å²) in [4.78, 5) is 10.2. The highest BCUT2D eigenvalue weighted by Crippen LogP contribution is 2.14. The van der Waals surface area contributed by atoms with Crippen molar-refractivity contribution in [3.63, 3.8) is 0 Å². The predicted octanol–water partition coefficient (Wildman–Crippen LogP) is 3.50. The van der Waals surface area contributed by atoms with E-state index >= 15 is 0 Å². The second-order valence-corrected chi connectivity index (χ2v) is 4.90. The maximum atomic E-state index is 10.6. The highest BCUT2D eigenvalue weighted by molar-refractivity contribution is 5.34. The van der Waals surface area contributed by atoms with Gasteiger partial charge in [0.05, 0.1) is 4.92 Å². The Balaban J connectivity index is 1.94. The van der Waals surface area contributed by atoms with E-state index in [1.807, 2.05) is 0 Å². The monoisotopic (exact) mass is 270 g/mol. The van der Waals surface area contributed by atoms with Crippen molar-refractivity contribution in [3.05, 3.63) is 74.8 Å². The van der Waals surface area contributed by atoms with E-state index in [9.17, 15) is 10.1 Å². The Morgan fingerprint density at radius 2 is 1.60 bits per heavy atom. The third kappa shape index (κ3) is 3.42. The van der Waals surface area contributed by atoms with E-state index in [4.69, 9.17) is 0 Å². The van der Waals surface area contributed by atoms with Crippen LogP contribution in [0, 0.1) is 24.0 Å². The van der Waals surface area contributed by atoms with Crippen molar-refractivity contribution in [1.29, 1.82) is 0 Å². The summed E-state index contributed by atoms with van der Waals surface area (Å²) in [5.74, 6) is 0. The van der Waals surface area contributed by atoms with E-state index in [1.165, 1.54) is 28.8 Å². The highest BCUT2D eigenvalue weighted by atomic mass is 16.6. The summed E-state index contributed by atoms with van der Waals surface area (Å²) < 4.78 is 0. The van der Waals surface area contributed by atoms with E-state index in [-0.39, 0.29) is 10.6 Å². The van der Waals surface area contributed by atoms with E-state index in [0.717, 1.165) is 12.1 Å². The van der Waals surface area contributed by atoms with Gasteiger partial charge in [0.2, 0.25) is 0 Å². The van der Waals surface area contributed by atoms with Crippen LogP contribution in [0.1, 0.15) is 22.3 Å². The van der Waals surface area contributed by atoms with Gasteiger partial charge in [-0.1, -0.05) is 30.3 Å². The molecule has 0 spiro atoms. The Kier molecular flexibility index (Phi) is 4.48. The lowest BCUT2D eigenvalue weighted by atomic mass is 10.0. The second-order valence-electron chi connectivity index (χ2n) is 4.90. The Morgan fingerprint density at radius 1 is 1.00 bits per heavy atom. The van der Waals surface area contributed by atoms with Crippen LogP contribution in [0.3, 0.4) is 0 Å². The number of nitrogens with zero attached hydrogens (tertiary/aromatic N) is 1. The minimum atomic E-state index is -0.381. The first-order valence-electron chi connectivity index (χ1n) is 6.57. The van der Waals surface area contributed by atoms with Crippen LogP contribution >= 0.6 is 0 Å². The number of aryl methyl sites for hydroxylation is 2. The lowest BCUT2D eigenvalue weighted by Gasteiger charge is -2.11. The topological polar surface area (TPSA) is 55.2 Å². The molecule has 2 rings (SSSR count). The molecule has 0 amide bonds. The van der Waals surface area contributed by atoms with Crippen LogP contribution in [-0.4, -0.2) is 4.92 Å². The third-order valence-corrected chi connectivity index (χ3v) is 3.42. The smallest absolute Gasteiger partial charge is 0.269 e. The standard InChI is InChI=1S/C16H18N2O2/c1-12-4-3-5-13(2)16(12)11-17-10-14-6-8-15(9-7-14)18(19)20/h3-9,17H,10-11H2,1-2H3. The van der Waals surface area contributed by atoms with Gasteiger partial charge in [0, 0.05) is 25.2 Å². The molecule has 4 heteroatoms. The largest absolute Gasteiger partial charge is 0.309 e. The maximum absolute atomic E-state index is 10.6. The normalized spacial score (nSPS) is 10.5. The SMILES string of the molecule is Cc1cccc(C)c1CNCc1ccc([N+](=O)[O-])cc1. The molecule has 2 aromatic carbocycles. The van der Waals surface area contributed by atoms with Crippen molar-refractivity contribution in [1.82, 2.24) is 5.32 Å². The molecule has 0 aromatic heterocycles. The molecule has 2 aromatic rings.